The number of nitrogens with zero attached hydrogens (tertiary/aromatic N) is 2. The zero-order valence-corrected chi connectivity index (χ0v) is 14.7. The number of carbonyl (C=O) groups excluding carboxylic acids is 1. The van der Waals surface area contributed by atoms with Gasteiger partial charge in [0.1, 0.15) is 22.3 Å². The van der Waals surface area contributed by atoms with Gasteiger partial charge in [-0.15, -0.1) is 11.3 Å². The Kier molecular flexibility index (Phi) is 4.29. The van der Waals surface area contributed by atoms with Gasteiger partial charge in [-0.05, 0) is 37.8 Å². The van der Waals surface area contributed by atoms with Gasteiger partial charge in [0.05, 0.1) is 5.56 Å². The minimum Gasteiger partial charge on any atom is -0.337 e. The van der Waals surface area contributed by atoms with Gasteiger partial charge in [0, 0.05) is 30.6 Å². The quantitative estimate of drug-likeness (QED) is 0.909. The lowest BCUT2D eigenvalue weighted by molar-refractivity contribution is 0.0676. The number of nitrogens with one attached hydrogen (secondary N) is 1. The fourth-order valence-electron chi connectivity index (χ4n) is 3.88. The molecular weight excluding hydrogens is 344 g/mol. The van der Waals surface area contributed by atoms with E-state index in [2.05, 4.69) is 10.3 Å². The highest BCUT2D eigenvalue weighted by molar-refractivity contribution is 7.13. The van der Waals surface area contributed by atoms with Crippen LogP contribution in [0.5, 0.6) is 0 Å². The Balaban J connectivity index is 1.54. The van der Waals surface area contributed by atoms with Crippen LogP contribution in [0.4, 0.5) is 8.78 Å². The molecule has 2 atom stereocenters. The van der Waals surface area contributed by atoms with Crippen molar-refractivity contribution in [3.63, 3.8) is 0 Å². The number of thiazole rings is 1. The van der Waals surface area contributed by atoms with Crippen LogP contribution in [0.2, 0.25) is 0 Å². The molecule has 25 heavy (non-hydrogen) atoms. The maximum absolute atomic E-state index is 13.9. The molecule has 2 bridgehead atoms. The maximum atomic E-state index is 13.9. The molecular formula is C18H19F2N3OS. The summed E-state index contributed by atoms with van der Waals surface area (Å²) in [5, 5.41) is 5.33. The monoisotopic (exact) mass is 363 g/mol. The molecule has 1 aromatic carbocycles. The van der Waals surface area contributed by atoms with Crippen LogP contribution in [0, 0.1) is 11.6 Å². The summed E-state index contributed by atoms with van der Waals surface area (Å²) in [6.45, 7) is 0. The third-order valence-electron chi connectivity index (χ3n) is 5.22. The molecule has 4 rings (SSSR count). The van der Waals surface area contributed by atoms with Gasteiger partial charge >= 0.3 is 0 Å². The number of hydrogen-bond acceptors (Lipinski definition) is 4. The van der Waals surface area contributed by atoms with E-state index < -0.39 is 11.6 Å². The third-order valence-corrected chi connectivity index (χ3v) is 6.08. The molecule has 132 valence electrons. The van der Waals surface area contributed by atoms with E-state index in [1.54, 1.807) is 17.3 Å². The minimum absolute atomic E-state index is 0.172. The van der Waals surface area contributed by atoms with Gasteiger partial charge < -0.3 is 10.2 Å². The SMILES string of the molecule is CN(C(=O)c1csc(-c2c(F)cccc2F)n1)C1CC2CCC(C1)N2. The Hall–Kier alpha value is -1.86. The van der Waals surface area contributed by atoms with E-state index in [4.69, 9.17) is 0 Å². The summed E-state index contributed by atoms with van der Waals surface area (Å²) in [4.78, 5) is 18.7. The number of amides is 1. The van der Waals surface area contributed by atoms with Crippen molar-refractivity contribution in [1.82, 2.24) is 15.2 Å². The lowest BCUT2D eigenvalue weighted by atomic mass is 9.98. The largest absolute Gasteiger partial charge is 0.337 e. The number of hydrogen-bond donors (Lipinski definition) is 1. The molecule has 7 heteroatoms. The molecule has 2 saturated heterocycles. The second-order valence-corrected chi connectivity index (χ2v) is 7.67. The first-order chi connectivity index (χ1) is 12.0. The van der Waals surface area contributed by atoms with Crippen molar-refractivity contribution >= 4 is 17.2 Å². The summed E-state index contributed by atoms with van der Waals surface area (Å²) in [6.07, 6.45) is 4.21. The molecule has 1 aromatic heterocycles. The molecule has 2 aliphatic heterocycles. The molecule has 0 aliphatic carbocycles. The summed E-state index contributed by atoms with van der Waals surface area (Å²) >= 11 is 1.09. The fraction of sp³-hybridized carbons (Fsp3) is 0.444. The van der Waals surface area contributed by atoms with Crippen LogP contribution < -0.4 is 5.32 Å². The van der Waals surface area contributed by atoms with E-state index in [0.29, 0.717) is 12.1 Å². The molecule has 2 aromatic rings. The average Bonchev–Trinajstić information content (AvgIpc) is 3.20. The number of benzene rings is 1. The van der Waals surface area contributed by atoms with Crippen molar-refractivity contribution in [2.45, 2.75) is 43.8 Å². The topological polar surface area (TPSA) is 45.2 Å². The van der Waals surface area contributed by atoms with Crippen LogP contribution >= 0.6 is 11.3 Å². The molecule has 0 saturated carbocycles. The van der Waals surface area contributed by atoms with Gasteiger partial charge in [0.15, 0.2) is 0 Å². The van der Waals surface area contributed by atoms with Gasteiger partial charge in [-0.25, -0.2) is 13.8 Å². The Morgan fingerprint density at radius 2 is 1.88 bits per heavy atom. The van der Waals surface area contributed by atoms with E-state index in [-0.39, 0.29) is 28.2 Å². The van der Waals surface area contributed by atoms with Crippen molar-refractivity contribution in [3.8, 4) is 10.6 Å². The molecule has 2 aliphatic rings. The van der Waals surface area contributed by atoms with Crippen LogP contribution in [-0.2, 0) is 0 Å². The molecule has 2 unspecified atom stereocenters. The van der Waals surface area contributed by atoms with Crippen molar-refractivity contribution in [2.24, 2.45) is 0 Å². The standard InChI is InChI=1S/C18H19F2N3OS/c1-23(12-7-10-5-6-11(8-12)21-10)18(24)15-9-25-17(22-15)16-13(19)3-2-4-14(16)20/h2-4,9-12,21H,5-8H2,1H3. The van der Waals surface area contributed by atoms with Crippen LogP contribution in [0.15, 0.2) is 23.6 Å². The van der Waals surface area contributed by atoms with Gasteiger partial charge in [0.25, 0.3) is 5.91 Å². The van der Waals surface area contributed by atoms with E-state index in [1.807, 2.05) is 0 Å². The van der Waals surface area contributed by atoms with Crippen LogP contribution in [-0.4, -0.2) is 41.0 Å². The van der Waals surface area contributed by atoms with Crippen LogP contribution in [0.1, 0.15) is 36.2 Å². The zero-order chi connectivity index (χ0) is 17.6. The molecule has 3 heterocycles. The second-order valence-electron chi connectivity index (χ2n) is 6.81. The highest BCUT2D eigenvalue weighted by Gasteiger charge is 2.37. The zero-order valence-electron chi connectivity index (χ0n) is 13.8. The first kappa shape index (κ1) is 16.6. The molecule has 2 fully saturated rings. The number of piperidine rings is 1. The summed E-state index contributed by atoms with van der Waals surface area (Å²) in [5.41, 5.74) is 0.0742. The molecule has 0 radical (unpaired) electrons. The lowest BCUT2D eigenvalue weighted by Gasteiger charge is -2.35. The van der Waals surface area contributed by atoms with E-state index >= 15 is 0 Å². The normalized spacial score (nSPS) is 25.2. The van der Waals surface area contributed by atoms with Crippen molar-refractivity contribution in [1.29, 1.82) is 0 Å². The predicted molar refractivity (Wildman–Crippen MR) is 92.5 cm³/mol. The van der Waals surface area contributed by atoms with Gasteiger partial charge in [0.2, 0.25) is 0 Å². The van der Waals surface area contributed by atoms with Gasteiger partial charge in [-0.1, -0.05) is 6.07 Å². The summed E-state index contributed by atoms with van der Waals surface area (Å²) in [5.74, 6) is -1.53. The summed E-state index contributed by atoms with van der Waals surface area (Å²) in [7, 11) is 1.79. The maximum Gasteiger partial charge on any atom is 0.273 e. The Morgan fingerprint density at radius 3 is 2.52 bits per heavy atom. The predicted octanol–water partition coefficient (Wildman–Crippen LogP) is 3.44. The molecule has 1 amide bonds. The van der Waals surface area contributed by atoms with Crippen molar-refractivity contribution < 1.29 is 13.6 Å². The minimum atomic E-state index is -0.670. The Labute approximate surface area is 148 Å². The van der Waals surface area contributed by atoms with Gasteiger partial charge in [-0.2, -0.15) is 0 Å². The second kappa shape index (κ2) is 6.46. The molecule has 4 nitrogen and oxygen atoms in total. The van der Waals surface area contributed by atoms with Gasteiger partial charge in [-0.3, -0.25) is 4.79 Å². The Morgan fingerprint density at radius 1 is 1.24 bits per heavy atom. The van der Waals surface area contributed by atoms with E-state index in [9.17, 15) is 13.6 Å². The Bertz CT molecular complexity index is 777. The first-order valence-electron chi connectivity index (χ1n) is 8.46. The van der Waals surface area contributed by atoms with E-state index in [1.165, 1.54) is 18.2 Å². The highest BCUT2D eigenvalue weighted by Crippen LogP contribution is 2.32. The highest BCUT2D eigenvalue weighted by atomic mass is 32.1. The summed E-state index contributed by atoms with van der Waals surface area (Å²) < 4.78 is 27.8. The van der Waals surface area contributed by atoms with Crippen molar-refractivity contribution in [2.75, 3.05) is 7.05 Å². The number of aromatic nitrogens is 1. The van der Waals surface area contributed by atoms with Crippen LogP contribution in [0.25, 0.3) is 10.6 Å². The van der Waals surface area contributed by atoms with Crippen molar-refractivity contribution in [3.05, 3.63) is 40.9 Å². The average molecular weight is 363 g/mol. The number of halogens is 2. The number of carbonyl (C=O) groups is 1. The fourth-order valence-corrected chi connectivity index (χ4v) is 4.72. The third kappa shape index (κ3) is 3.06. The summed E-state index contributed by atoms with van der Waals surface area (Å²) in [6, 6.07) is 4.85. The molecule has 0 spiro atoms. The number of rotatable bonds is 3. The lowest BCUT2D eigenvalue weighted by Crippen LogP contribution is -2.48. The van der Waals surface area contributed by atoms with E-state index in [0.717, 1.165) is 37.0 Å². The number of fused-ring (bicyclic) bond motifs is 2. The molecule has 1 N–H and O–H groups in total. The van der Waals surface area contributed by atoms with Crippen LogP contribution in [0.3, 0.4) is 0 Å². The first-order valence-corrected chi connectivity index (χ1v) is 9.34. The smallest absolute Gasteiger partial charge is 0.273 e.